The molecule has 3 rings (SSSR count). The van der Waals surface area contributed by atoms with E-state index >= 15 is 0 Å². The van der Waals surface area contributed by atoms with E-state index < -0.39 is 0 Å². The van der Waals surface area contributed by atoms with Gasteiger partial charge in [-0.05, 0) is 24.2 Å². The molecule has 4 heteroatoms. The highest BCUT2D eigenvalue weighted by molar-refractivity contribution is 6.01. The first-order valence-corrected chi connectivity index (χ1v) is 6.55. The zero-order chi connectivity index (χ0) is 12.5. The van der Waals surface area contributed by atoms with Gasteiger partial charge in [0.2, 0.25) is 5.91 Å². The monoisotopic (exact) mass is 245 g/mol. The van der Waals surface area contributed by atoms with E-state index in [4.69, 9.17) is 0 Å². The van der Waals surface area contributed by atoms with Gasteiger partial charge in [-0.3, -0.25) is 4.79 Å². The van der Waals surface area contributed by atoms with Crippen molar-refractivity contribution in [3.63, 3.8) is 0 Å². The number of rotatable bonds is 4. The van der Waals surface area contributed by atoms with Crippen LogP contribution in [-0.4, -0.2) is 32.6 Å². The third-order valence-corrected chi connectivity index (χ3v) is 3.77. The number of nitrogens with one attached hydrogen (secondary N) is 2. The molecule has 1 amide bonds. The Balaban J connectivity index is 1.80. The number of benzene rings is 1. The van der Waals surface area contributed by atoms with E-state index in [1.54, 1.807) is 0 Å². The molecule has 0 aromatic heterocycles. The highest BCUT2D eigenvalue weighted by Gasteiger charge is 2.30. The number of hydrogen-bond donors (Lipinski definition) is 2. The van der Waals surface area contributed by atoms with Crippen molar-refractivity contribution < 1.29 is 4.79 Å². The molecule has 1 fully saturated rings. The van der Waals surface area contributed by atoms with Crippen LogP contribution in [0.15, 0.2) is 18.2 Å². The molecule has 2 N–H and O–H groups in total. The van der Waals surface area contributed by atoms with Crippen LogP contribution in [0.3, 0.4) is 0 Å². The molecule has 2 aliphatic rings. The van der Waals surface area contributed by atoms with Crippen molar-refractivity contribution in [2.24, 2.45) is 5.92 Å². The summed E-state index contributed by atoms with van der Waals surface area (Å²) in [5.41, 5.74) is 3.54. The van der Waals surface area contributed by atoms with Crippen LogP contribution >= 0.6 is 0 Å². The summed E-state index contributed by atoms with van der Waals surface area (Å²) in [6.45, 7) is 3.80. The standard InChI is InChI=1S/C14H19N3O/c1-15-6-10-2-3-13-12(4-10)5-14(18)17(13)9-11-7-16-8-11/h2-4,11,15-16H,5-9H2,1H3. The van der Waals surface area contributed by atoms with E-state index in [1.807, 2.05) is 11.9 Å². The largest absolute Gasteiger partial charge is 0.316 e. The third kappa shape index (κ3) is 2.02. The highest BCUT2D eigenvalue weighted by atomic mass is 16.2. The predicted molar refractivity (Wildman–Crippen MR) is 71.6 cm³/mol. The Kier molecular flexibility index (Phi) is 3.06. The maximum Gasteiger partial charge on any atom is 0.231 e. The molecule has 1 aromatic rings. The molecule has 0 bridgehead atoms. The van der Waals surface area contributed by atoms with Gasteiger partial charge in [0.05, 0.1) is 6.42 Å². The number of hydrogen-bond acceptors (Lipinski definition) is 3. The van der Waals surface area contributed by atoms with E-state index in [-0.39, 0.29) is 5.91 Å². The van der Waals surface area contributed by atoms with Gasteiger partial charge in [0.15, 0.2) is 0 Å². The van der Waals surface area contributed by atoms with E-state index in [0.717, 1.165) is 31.9 Å². The van der Waals surface area contributed by atoms with Gasteiger partial charge in [-0.2, -0.15) is 0 Å². The summed E-state index contributed by atoms with van der Waals surface area (Å²) in [5, 5.41) is 6.39. The predicted octanol–water partition coefficient (Wildman–Crippen LogP) is 0.515. The van der Waals surface area contributed by atoms with Crippen molar-refractivity contribution in [1.29, 1.82) is 0 Å². The number of amides is 1. The lowest BCUT2D eigenvalue weighted by molar-refractivity contribution is -0.117. The van der Waals surface area contributed by atoms with Gasteiger partial charge in [0.1, 0.15) is 0 Å². The van der Waals surface area contributed by atoms with Crippen LogP contribution in [0.25, 0.3) is 0 Å². The van der Waals surface area contributed by atoms with Crippen LogP contribution in [0.5, 0.6) is 0 Å². The fourth-order valence-electron chi connectivity index (χ4n) is 2.69. The van der Waals surface area contributed by atoms with E-state index in [0.29, 0.717) is 12.3 Å². The van der Waals surface area contributed by atoms with Crippen LogP contribution < -0.4 is 15.5 Å². The molecule has 2 heterocycles. The van der Waals surface area contributed by atoms with Gasteiger partial charge in [0, 0.05) is 37.8 Å². The van der Waals surface area contributed by atoms with Crippen molar-refractivity contribution in [3.05, 3.63) is 29.3 Å². The van der Waals surface area contributed by atoms with E-state index in [9.17, 15) is 4.79 Å². The zero-order valence-electron chi connectivity index (χ0n) is 10.7. The molecule has 0 spiro atoms. The quantitative estimate of drug-likeness (QED) is 0.812. The molecule has 18 heavy (non-hydrogen) atoms. The smallest absolute Gasteiger partial charge is 0.231 e. The minimum Gasteiger partial charge on any atom is -0.316 e. The first-order chi connectivity index (χ1) is 8.78. The van der Waals surface area contributed by atoms with Crippen molar-refractivity contribution >= 4 is 11.6 Å². The Bertz CT molecular complexity index is 468. The first kappa shape index (κ1) is 11.7. The molecular formula is C14H19N3O. The molecule has 4 nitrogen and oxygen atoms in total. The van der Waals surface area contributed by atoms with E-state index in [1.165, 1.54) is 11.1 Å². The highest BCUT2D eigenvalue weighted by Crippen LogP contribution is 2.30. The summed E-state index contributed by atoms with van der Waals surface area (Å²) in [7, 11) is 1.94. The Labute approximate surface area is 107 Å². The maximum atomic E-state index is 12.1. The molecule has 0 saturated carbocycles. The van der Waals surface area contributed by atoms with Crippen molar-refractivity contribution in [1.82, 2.24) is 10.6 Å². The van der Waals surface area contributed by atoms with Gasteiger partial charge in [-0.1, -0.05) is 12.1 Å². The van der Waals surface area contributed by atoms with Crippen LogP contribution in [0.2, 0.25) is 0 Å². The average molecular weight is 245 g/mol. The Hall–Kier alpha value is -1.39. The fourth-order valence-corrected chi connectivity index (χ4v) is 2.69. The first-order valence-electron chi connectivity index (χ1n) is 6.55. The summed E-state index contributed by atoms with van der Waals surface area (Å²) in [6.07, 6.45) is 0.563. The van der Waals surface area contributed by atoms with E-state index in [2.05, 4.69) is 28.8 Å². The molecule has 0 aliphatic carbocycles. The lowest BCUT2D eigenvalue weighted by Crippen LogP contribution is -2.49. The topological polar surface area (TPSA) is 44.4 Å². The molecule has 96 valence electrons. The summed E-state index contributed by atoms with van der Waals surface area (Å²) in [4.78, 5) is 14.0. The van der Waals surface area contributed by atoms with Crippen LogP contribution in [0.4, 0.5) is 5.69 Å². The van der Waals surface area contributed by atoms with Crippen molar-refractivity contribution in [2.75, 3.05) is 31.6 Å². The third-order valence-electron chi connectivity index (χ3n) is 3.77. The number of fused-ring (bicyclic) bond motifs is 1. The van der Waals surface area contributed by atoms with Gasteiger partial charge in [-0.15, -0.1) is 0 Å². The average Bonchev–Trinajstić information content (AvgIpc) is 2.59. The minimum absolute atomic E-state index is 0.249. The number of anilines is 1. The zero-order valence-corrected chi connectivity index (χ0v) is 10.7. The second-order valence-electron chi connectivity index (χ2n) is 5.20. The number of nitrogens with zero attached hydrogens (tertiary/aromatic N) is 1. The van der Waals surface area contributed by atoms with Gasteiger partial charge in [0.25, 0.3) is 0 Å². The molecular weight excluding hydrogens is 226 g/mol. The fraction of sp³-hybridized carbons (Fsp3) is 0.500. The summed E-state index contributed by atoms with van der Waals surface area (Å²) < 4.78 is 0. The molecule has 0 radical (unpaired) electrons. The van der Waals surface area contributed by atoms with Crippen LogP contribution in [0.1, 0.15) is 11.1 Å². The maximum absolute atomic E-state index is 12.1. The van der Waals surface area contributed by atoms with Crippen molar-refractivity contribution in [2.45, 2.75) is 13.0 Å². The summed E-state index contributed by atoms with van der Waals surface area (Å²) in [6, 6.07) is 6.36. The Morgan fingerprint density at radius 3 is 2.94 bits per heavy atom. The second kappa shape index (κ2) is 4.71. The lowest BCUT2D eigenvalue weighted by Gasteiger charge is -2.31. The van der Waals surface area contributed by atoms with Crippen LogP contribution in [0, 0.1) is 5.92 Å². The minimum atomic E-state index is 0.249. The van der Waals surface area contributed by atoms with Crippen molar-refractivity contribution in [3.8, 4) is 0 Å². The number of carbonyl (C=O) groups is 1. The molecule has 0 unspecified atom stereocenters. The Morgan fingerprint density at radius 2 is 2.28 bits per heavy atom. The van der Waals surface area contributed by atoms with Gasteiger partial charge < -0.3 is 15.5 Å². The normalized spacial score (nSPS) is 18.9. The molecule has 2 aliphatic heterocycles. The molecule has 1 saturated heterocycles. The summed E-state index contributed by atoms with van der Waals surface area (Å²) >= 11 is 0. The summed E-state index contributed by atoms with van der Waals surface area (Å²) in [5.74, 6) is 0.871. The van der Waals surface area contributed by atoms with Gasteiger partial charge in [-0.25, -0.2) is 0 Å². The Morgan fingerprint density at radius 1 is 1.44 bits per heavy atom. The molecule has 0 atom stereocenters. The lowest BCUT2D eigenvalue weighted by atomic mass is 10.0. The molecule has 1 aromatic carbocycles. The second-order valence-corrected chi connectivity index (χ2v) is 5.20. The SMILES string of the molecule is CNCc1ccc2c(c1)CC(=O)N2CC1CNC1. The number of carbonyl (C=O) groups excluding carboxylic acids is 1. The van der Waals surface area contributed by atoms with Crippen LogP contribution in [-0.2, 0) is 17.8 Å². The van der Waals surface area contributed by atoms with Gasteiger partial charge >= 0.3 is 0 Å².